The van der Waals surface area contributed by atoms with Crippen LogP contribution in [0.2, 0.25) is 10.0 Å². The summed E-state index contributed by atoms with van der Waals surface area (Å²) in [4.78, 5) is 44.4. The number of alkyl halides is 3. The molecular formula is C27H21Cl2F3N6O4. The number of anilines is 1. The second-order valence-corrected chi connectivity index (χ2v) is 10.0. The summed E-state index contributed by atoms with van der Waals surface area (Å²) in [5, 5.41) is 9.04. The van der Waals surface area contributed by atoms with Crippen LogP contribution in [0.25, 0.3) is 5.69 Å². The molecule has 0 spiro atoms. The maximum absolute atomic E-state index is 15.4. The highest BCUT2D eigenvalue weighted by Gasteiger charge is 2.34. The van der Waals surface area contributed by atoms with Gasteiger partial charge >= 0.3 is 0 Å². The number of rotatable bonds is 7. The lowest BCUT2D eigenvalue weighted by atomic mass is 10.0. The summed E-state index contributed by atoms with van der Waals surface area (Å²) in [6, 6.07) is 11.2. The average Bonchev–Trinajstić information content (AvgIpc) is 3.47. The molecule has 1 aliphatic rings. The molecule has 2 aromatic carbocycles. The predicted molar refractivity (Wildman–Crippen MR) is 147 cm³/mol. The molecule has 5 rings (SSSR count). The fourth-order valence-electron chi connectivity index (χ4n) is 4.41. The van der Waals surface area contributed by atoms with Gasteiger partial charge in [0.15, 0.2) is 12.1 Å². The van der Waals surface area contributed by atoms with E-state index in [1.807, 2.05) is 0 Å². The van der Waals surface area contributed by atoms with Crippen molar-refractivity contribution in [1.29, 1.82) is 0 Å². The maximum Gasteiger partial charge on any atom is 0.283 e. The van der Waals surface area contributed by atoms with Crippen LogP contribution in [0, 0.1) is 0 Å². The van der Waals surface area contributed by atoms with Gasteiger partial charge in [-0.3, -0.25) is 14.4 Å². The first-order valence-electron chi connectivity index (χ1n) is 12.4. The number of amides is 2. The van der Waals surface area contributed by atoms with Gasteiger partial charge < -0.3 is 20.1 Å². The number of carbonyl (C=O) groups is 2. The van der Waals surface area contributed by atoms with Gasteiger partial charge in [0.1, 0.15) is 5.69 Å². The van der Waals surface area contributed by atoms with Crippen LogP contribution in [-0.2, 0) is 19.5 Å². The second kappa shape index (κ2) is 11.9. The first-order chi connectivity index (χ1) is 20.1. The Morgan fingerprint density at radius 2 is 1.81 bits per heavy atom. The topological polar surface area (TPSA) is 122 Å². The number of aromatic nitrogens is 3. The average molecular weight is 621 g/mol. The highest BCUT2D eigenvalue weighted by molar-refractivity contribution is 6.42. The normalized spacial score (nSPS) is 14.5. The molecule has 0 saturated heterocycles. The molecule has 0 fully saturated rings. The van der Waals surface area contributed by atoms with Crippen molar-refractivity contribution in [3.8, 4) is 5.69 Å². The van der Waals surface area contributed by atoms with Gasteiger partial charge in [0.05, 0.1) is 34.5 Å². The number of hydrogen-bond donors (Lipinski definition) is 2. The van der Waals surface area contributed by atoms with Gasteiger partial charge in [-0.25, -0.2) is 22.7 Å². The molecule has 0 bridgehead atoms. The Bertz CT molecular complexity index is 1730. The summed E-state index contributed by atoms with van der Waals surface area (Å²) >= 11 is 12.0. The molecule has 218 valence electrons. The lowest BCUT2D eigenvalue weighted by molar-refractivity contribution is 0.0381. The maximum atomic E-state index is 15.4. The molecule has 0 unspecified atom stereocenters. The zero-order valence-corrected chi connectivity index (χ0v) is 23.2. The fraction of sp³-hybridized carbons (Fsp3) is 0.222. The van der Waals surface area contributed by atoms with E-state index in [-0.39, 0.29) is 57.6 Å². The van der Waals surface area contributed by atoms with Gasteiger partial charge in [-0.1, -0.05) is 28.4 Å². The van der Waals surface area contributed by atoms with Crippen molar-refractivity contribution in [2.75, 3.05) is 12.4 Å². The van der Waals surface area contributed by atoms with Gasteiger partial charge in [-0.2, -0.15) is 0 Å². The molecule has 0 saturated carbocycles. The first kappa shape index (κ1) is 29.1. The van der Waals surface area contributed by atoms with Gasteiger partial charge in [-0.15, -0.1) is 0 Å². The van der Waals surface area contributed by atoms with Gasteiger partial charge in [0.25, 0.3) is 23.8 Å². The molecular weight excluding hydrogens is 600 g/mol. The van der Waals surface area contributed by atoms with E-state index < -0.39 is 36.3 Å². The van der Waals surface area contributed by atoms with Crippen LogP contribution in [0.4, 0.5) is 19.1 Å². The van der Waals surface area contributed by atoms with Crippen LogP contribution >= 0.6 is 23.2 Å². The number of benzene rings is 2. The van der Waals surface area contributed by atoms with Crippen molar-refractivity contribution in [2.24, 2.45) is 0 Å². The standard InChI is InChI=1S/C27H21Cl2F3N6O4/c1-33-24(39)13-2-5-15(6-3-13)38-26(41)17-10-22(30)37(25(40)14-4-7-18(28)19(29)8-14)12-21(17)35-27(38)34-11-16-9-20(23(31)32)36-42-16/h2-9,22-23H,10-12H2,1H3,(H,33,39)(H,34,35)/t22-/m0/s1. The first-order valence-corrected chi connectivity index (χ1v) is 13.2. The van der Waals surface area contributed by atoms with Crippen molar-refractivity contribution in [3.05, 3.63) is 103 Å². The summed E-state index contributed by atoms with van der Waals surface area (Å²) < 4.78 is 47.5. The van der Waals surface area contributed by atoms with Crippen LogP contribution in [0.5, 0.6) is 0 Å². The molecule has 2 aromatic heterocycles. The Hall–Kier alpha value is -4.36. The van der Waals surface area contributed by atoms with Crippen LogP contribution in [0.15, 0.2) is 57.8 Å². The Kier molecular flexibility index (Phi) is 8.23. The minimum atomic E-state index is -2.84. The van der Waals surface area contributed by atoms with Crippen molar-refractivity contribution in [3.63, 3.8) is 0 Å². The zero-order valence-electron chi connectivity index (χ0n) is 21.7. The Morgan fingerprint density at radius 3 is 2.45 bits per heavy atom. The third-order valence-electron chi connectivity index (χ3n) is 6.56. The molecule has 2 amide bonds. The van der Waals surface area contributed by atoms with E-state index in [0.29, 0.717) is 11.3 Å². The van der Waals surface area contributed by atoms with E-state index in [1.54, 1.807) is 0 Å². The highest BCUT2D eigenvalue weighted by atomic mass is 35.5. The van der Waals surface area contributed by atoms with Crippen LogP contribution in [0.3, 0.4) is 0 Å². The Labute approximate surface area is 246 Å². The van der Waals surface area contributed by atoms with Gasteiger partial charge in [0, 0.05) is 36.2 Å². The number of carbonyl (C=O) groups excluding carboxylic acids is 2. The fourth-order valence-corrected chi connectivity index (χ4v) is 4.71. The highest BCUT2D eigenvalue weighted by Crippen LogP contribution is 2.28. The van der Waals surface area contributed by atoms with E-state index >= 15 is 4.39 Å². The quantitative estimate of drug-likeness (QED) is 0.281. The van der Waals surface area contributed by atoms with Crippen LogP contribution in [-0.4, -0.2) is 44.8 Å². The Balaban J connectivity index is 1.54. The second-order valence-electron chi connectivity index (χ2n) is 9.20. The minimum Gasteiger partial charge on any atom is -0.359 e. The van der Waals surface area contributed by atoms with Crippen molar-refractivity contribution >= 4 is 41.0 Å². The van der Waals surface area contributed by atoms with E-state index in [1.165, 1.54) is 54.1 Å². The van der Waals surface area contributed by atoms with E-state index in [9.17, 15) is 23.2 Å². The minimum absolute atomic E-state index is 0.0408. The molecule has 42 heavy (non-hydrogen) atoms. The van der Waals surface area contributed by atoms with E-state index in [2.05, 4.69) is 20.8 Å². The molecule has 3 heterocycles. The summed E-state index contributed by atoms with van der Waals surface area (Å²) in [5.74, 6) is -1.03. The molecule has 10 nitrogen and oxygen atoms in total. The third kappa shape index (κ3) is 5.70. The van der Waals surface area contributed by atoms with Crippen LogP contribution < -0.4 is 16.2 Å². The van der Waals surface area contributed by atoms with Gasteiger partial charge in [-0.05, 0) is 42.5 Å². The zero-order chi connectivity index (χ0) is 30.1. The Morgan fingerprint density at radius 1 is 1.10 bits per heavy atom. The molecule has 15 heteroatoms. The molecule has 1 atom stereocenters. The molecule has 4 aromatic rings. The van der Waals surface area contributed by atoms with Crippen molar-refractivity contribution in [1.82, 2.24) is 24.9 Å². The third-order valence-corrected chi connectivity index (χ3v) is 7.30. The molecule has 1 aliphatic heterocycles. The lowest BCUT2D eigenvalue weighted by Gasteiger charge is -2.32. The number of nitrogens with one attached hydrogen (secondary N) is 2. The monoisotopic (exact) mass is 620 g/mol. The van der Waals surface area contributed by atoms with E-state index in [4.69, 9.17) is 27.7 Å². The molecule has 0 aliphatic carbocycles. The summed E-state index contributed by atoms with van der Waals surface area (Å²) in [6.45, 7) is -0.521. The molecule has 0 radical (unpaired) electrons. The number of hydrogen-bond acceptors (Lipinski definition) is 7. The van der Waals surface area contributed by atoms with Crippen molar-refractivity contribution < 1.29 is 27.3 Å². The van der Waals surface area contributed by atoms with Crippen molar-refractivity contribution in [2.45, 2.75) is 32.2 Å². The molecule has 2 N–H and O–H groups in total. The number of nitrogens with zero attached hydrogens (tertiary/aromatic N) is 4. The smallest absolute Gasteiger partial charge is 0.283 e. The lowest BCUT2D eigenvalue weighted by Crippen LogP contribution is -2.45. The number of halogens is 5. The summed E-state index contributed by atoms with van der Waals surface area (Å²) in [7, 11) is 1.47. The predicted octanol–water partition coefficient (Wildman–Crippen LogP) is 4.93. The summed E-state index contributed by atoms with van der Waals surface area (Å²) in [6.07, 6.45) is -5.13. The largest absolute Gasteiger partial charge is 0.359 e. The SMILES string of the molecule is CNC(=O)c1ccc(-n2c(NCc3cc(C(F)F)no3)nc3c(c2=O)C[C@@H](F)N(C(=O)c2ccc(Cl)c(Cl)c2)C3)cc1. The number of fused-ring (bicyclic) bond motifs is 1. The summed E-state index contributed by atoms with van der Waals surface area (Å²) in [5.41, 5.74) is -0.283. The van der Waals surface area contributed by atoms with Gasteiger partial charge in [0.2, 0.25) is 5.95 Å². The van der Waals surface area contributed by atoms with Crippen LogP contribution in [0.1, 0.15) is 49.9 Å². The van der Waals surface area contributed by atoms with E-state index in [0.717, 1.165) is 11.0 Å².